The summed E-state index contributed by atoms with van der Waals surface area (Å²) in [5.74, 6) is 0.0525. The van der Waals surface area contributed by atoms with E-state index in [0.29, 0.717) is 12.4 Å². The minimum absolute atomic E-state index is 0.292. The highest BCUT2D eigenvalue weighted by atomic mass is 19.1. The summed E-state index contributed by atoms with van der Waals surface area (Å²) in [6.07, 6.45) is 3.85. The van der Waals surface area contributed by atoms with E-state index in [1.54, 1.807) is 12.1 Å². The van der Waals surface area contributed by atoms with Gasteiger partial charge in [-0.2, -0.15) is 0 Å². The topological polar surface area (TPSA) is 12.5 Å². The summed E-state index contributed by atoms with van der Waals surface area (Å²) < 4.78 is 19.8. The molecular weight excluding hydrogens is 277 g/mol. The number of halogens is 1. The van der Waals surface area contributed by atoms with Gasteiger partial charge in [-0.1, -0.05) is 42.8 Å². The van der Waals surface area contributed by atoms with Crippen molar-refractivity contribution >= 4 is 0 Å². The van der Waals surface area contributed by atoms with Crippen LogP contribution in [-0.2, 0) is 0 Å². The number of likely N-dealkylation sites (tertiary alicyclic amines) is 1. The molecule has 2 nitrogen and oxygen atoms in total. The first kappa shape index (κ1) is 15.0. The zero-order chi connectivity index (χ0) is 15.2. The molecule has 0 bridgehead atoms. The Balaban J connectivity index is 1.58. The Hall–Kier alpha value is -1.87. The molecule has 1 fully saturated rings. The van der Waals surface area contributed by atoms with Crippen LogP contribution in [0.2, 0.25) is 0 Å². The molecule has 0 unspecified atom stereocenters. The number of hydrogen-bond acceptors (Lipinski definition) is 2. The zero-order valence-corrected chi connectivity index (χ0v) is 12.8. The van der Waals surface area contributed by atoms with Crippen LogP contribution in [0.1, 0.15) is 19.3 Å². The molecular formula is C19H22FNO. The molecule has 116 valence electrons. The van der Waals surface area contributed by atoms with Gasteiger partial charge >= 0.3 is 0 Å². The van der Waals surface area contributed by atoms with Gasteiger partial charge in [0.25, 0.3) is 0 Å². The van der Waals surface area contributed by atoms with Crippen LogP contribution in [0, 0.1) is 5.82 Å². The van der Waals surface area contributed by atoms with E-state index >= 15 is 0 Å². The van der Waals surface area contributed by atoms with Gasteiger partial charge in [0.2, 0.25) is 0 Å². The fraction of sp³-hybridized carbons (Fsp3) is 0.368. The van der Waals surface area contributed by atoms with E-state index in [1.165, 1.54) is 19.3 Å². The Morgan fingerprint density at radius 2 is 1.68 bits per heavy atom. The first-order chi connectivity index (χ1) is 10.8. The molecule has 2 aromatic carbocycles. The quantitative estimate of drug-likeness (QED) is 0.813. The molecule has 3 heteroatoms. The average Bonchev–Trinajstić information content (AvgIpc) is 2.58. The first-order valence-electron chi connectivity index (χ1n) is 8.03. The molecule has 0 spiro atoms. The Morgan fingerprint density at radius 1 is 0.909 bits per heavy atom. The van der Waals surface area contributed by atoms with Gasteiger partial charge in [0.1, 0.15) is 6.61 Å². The monoisotopic (exact) mass is 299 g/mol. The second kappa shape index (κ2) is 7.41. The molecule has 1 saturated heterocycles. The van der Waals surface area contributed by atoms with Gasteiger partial charge in [0.05, 0.1) is 0 Å². The Labute approximate surface area is 131 Å². The van der Waals surface area contributed by atoms with Crippen molar-refractivity contribution in [3.05, 3.63) is 54.3 Å². The Kier molecular flexibility index (Phi) is 5.07. The predicted octanol–water partition coefficient (Wildman–Crippen LogP) is 4.36. The average molecular weight is 299 g/mol. The van der Waals surface area contributed by atoms with Crippen molar-refractivity contribution in [3.8, 4) is 16.9 Å². The summed E-state index contributed by atoms with van der Waals surface area (Å²) in [4.78, 5) is 2.39. The minimum atomic E-state index is -0.292. The highest BCUT2D eigenvalue weighted by Gasteiger charge is 2.11. The van der Waals surface area contributed by atoms with Gasteiger partial charge in [-0.25, -0.2) is 4.39 Å². The highest BCUT2D eigenvalue weighted by molar-refractivity contribution is 5.64. The number of hydrogen-bond donors (Lipinski definition) is 0. The van der Waals surface area contributed by atoms with Crippen molar-refractivity contribution in [1.82, 2.24) is 4.90 Å². The fourth-order valence-corrected chi connectivity index (χ4v) is 2.90. The molecule has 0 atom stereocenters. The van der Waals surface area contributed by atoms with Gasteiger partial charge in [-0.05, 0) is 49.2 Å². The van der Waals surface area contributed by atoms with Crippen LogP contribution in [0.15, 0.2) is 48.5 Å². The van der Waals surface area contributed by atoms with E-state index in [1.807, 2.05) is 36.4 Å². The standard InChI is InChI=1S/C19H22FNO/c20-18-15-17(16-7-3-1-4-8-16)9-10-19(18)22-14-13-21-11-5-2-6-12-21/h1,3-4,7-10,15H,2,5-6,11-14H2. The minimum Gasteiger partial charge on any atom is -0.489 e. The lowest BCUT2D eigenvalue weighted by Gasteiger charge is -2.26. The number of piperidine rings is 1. The van der Waals surface area contributed by atoms with Crippen LogP contribution >= 0.6 is 0 Å². The SMILES string of the molecule is Fc1cc(-c2ccccc2)ccc1OCCN1CCCCC1. The van der Waals surface area contributed by atoms with E-state index in [0.717, 1.165) is 30.8 Å². The van der Waals surface area contributed by atoms with E-state index in [9.17, 15) is 4.39 Å². The predicted molar refractivity (Wildman–Crippen MR) is 87.6 cm³/mol. The normalized spacial score (nSPS) is 15.7. The second-order valence-corrected chi connectivity index (χ2v) is 5.76. The van der Waals surface area contributed by atoms with E-state index < -0.39 is 0 Å². The molecule has 2 aromatic rings. The van der Waals surface area contributed by atoms with Crippen molar-refractivity contribution in [2.75, 3.05) is 26.2 Å². The third-order valence-electron chi connectivity index (χ3n) is 4.15. The smallest absolute Gasteiger partial charge is 0.165 e. The van der Waals surface area contributed by atoms with E-state index in [2.05, 4.69) is 4.90 Å². The lowest BCUT2D eigenvalue weighted by Crippen LogP contribution is -2.33. The fourth-order valence-electron chi connectivity index (χ4n) is 2.90. The maximum Gasteiger partial charge on any atom is 0.165 e. The zero-order valence-electron chi connectivity index (χ0n) is 12.8. The molecule has 1 aliphatic heterocycles. The number of ether oxygens (including phenoxy) is 1. The van der Waals surface area contributed by atoms with Gasteiger partial charge < -0.3 is 4.74 Å². The maximum absolute atomic E-state index is 14.2. The Bertz CT molecular complexity index is 594. The second-order valence-electron chi connectivity index (χ2n) is 5.76. The molecule has 0 amide bonds. The third-order valence-corrected chi connectivity index (χ3v) is 4.15. The summed E-state index contributed by atoms with van der Waals surface area (Å²) in [7, 11) is 0. The highest BCUT2D eigenvalue weighted by Crippen LogP contribution is 2.25. The van der Waals surface area contributed by atoms with E-state index in [-0.39, 0.29) is 5.82 Å². The molecule has 0 saturated carbocycles. The van der Waals surface area contributed by atoms with Gasteiger partial charge in [-0.3, -0.25) is 4.90 Å². The molecule has 1 aliphatic rings. The van der Waals surface area contributed by atoms with Gasteiger partial charge in [-0.15, -0.1) is 0 Å². The lowest BCUT2D eigenvalue weighted by molar-refractivity contribution is 0.180. The van der Waals surface area contributed by atoms with E-state index in [4.69, 9.17) is 4.74 Å². The Morgan fingerprint density at radius 3 is 2.41 bits per heavy atom. The molecule has 0 aromatic heterocycles. The number of rotatable bonds is 5. The van der Waals surface area contributed by atoms with Crippen LogP contribution in [-0.4, -0.2) is 31.1 Å². The summed E-state index contributed by atoms with van der Waals surface area (Å²) in [5.41, 5.74) is 1.89. The van der Waals surface area contributed by atoms with Crippen LogP contribution < -0.4 is 4.74 Å². The largest absolute Gasteiger partial charge is 0.489 e. The van der Waals surface area contributed by atoms with Crippen LogP contribution in [0.3, 0.4) is 0 Å². The molecule has 1 heterocycles. The number of nitrogens with zero attached hydrogens (tertiary/aromatic N) is 1. The molecule has 3 rings (SSSR count). The van der Waals surface area contributed by atoms with Crippen molar-refractivity contribution in [1.29, 1.82) is 0 Å². The van der Waals surface area contributed by atoms with Gasteiger partial charge in [0.15, 0.2) is 11.6 Å². The first-order valence-corrected chi connectivity index (χ1v) is 8.03. The van der Waals surface area contributed by atoms with Crippen LogP contribution in [0.4, 0.5) is 4.39 Å². The molecule has 0 radical (unpaired) electrons. The number of benzene rings is 2. The molecule has 0 N–H and O–H groups in total. The maximum atomic E-state index is 14.2. The van der Waals surface area contributed by atoms with Crippen molar-refractivity contribution < 1.29 is 9.13 Å². The van der Waals surface area contributed by atoms with Crippen LogP contribution in [0.25, 0.3) is 11.1 Å². The molecule has 22 heavy (non-hydrogen) atoms. The van der Waals surface area contributed by atoms with Crippen molar-refractivity contribution in [2.24, 2.45) is 0 Å². The summed E-state index contributed by atoms with van der Waals surface area (Å²) in [5, 5.41) is 0. The molecule has 0 aliphatic carbocycles. The van der Waals surface area contributed by atoms with Crippen LogP contribution in [0.5, 0.6) is 5.75 Å². The summed E-state index contributed by atoms with van der Waals surface area (Å²) in [6, 6.07) is 15.0. The summed E-state index contributed by atoms with van der Waals surface area (Å²) >= 11 is 0. The van der Waals surface area contributed by atoms with Gasteiger partial charge in [0, 0.05) is 6.54 Å². The third kappa shape index (κ3) is 3.86. The summed E-state index contributed by atoms with van der Waals surface area (Å²) in [6.45, 7) is 3.69. The van der Waals surface area contributed by atoms with Crippen molar-refractivity contribution in [3.63, 3.8) is 0 Å². The lowest BCUT2D eigenvalue weighted by atomic mass is 10.1. The van der Waals surface area contributed by atoms with Crippen molar-refractivity contribution in [2.45, 2.75) is 19.3 Å².